The van der Waals surface area contributed by atoms with Crippen molar-refractivity contribution in [2.75, 3.05) is 18.0 Å². The number of aromatic nitrogens is 2. The van der Waals surface area contributed by atoms with E-state index in [9.17, 15) is 14.4 Å². The van der Waals surface area contributed by atoms with Gasteiger partial charge in [-0.3, -0.25) is 4.90 Å². The molecule has 0 aromatic carbocycles. The number of rotatable bonds is 1. The molecule has 0 spiro atoms. The minimum atomic E-state index is -0.715. The van der Waals surface area contributed by atoms with E-state index in [2.05, 4.69) is 14.9 Å². The number of nitriles is 1. The first-order chi connectivity index (χ1) is 14.1. The summed E-state index contributed by atoms with van der Waals surface area (Å²) in [5, 5.41) is 9.84. The molecule has 30 heavy (non-hydrogen) atoms. The zero-order valence-electron chi connectivity index (χ0n) is 17.4. The fourth-order valence-electron chi connectivity index (χ4n) is 4.40. The van der Waals surface area contributed by atoms with Gasteiger partial charge in [-0.25, -0.2) is 19.2 Å². The summed E-state index contributed by atoms with van der Waals surface area (Å²) in [5.74, 6) is -0.155. The van der Waals surface area contributed by atoms with Crippen LogP contribution in [-0.4, -0.2) is 51.7 Å². The fraction of sp³-hybridized carbons (Fsp3) is 0.524. The number of amides is 1. The molecule has 2 fully saturated rings. The van der Waals surface area contributed by atoms with Gasteiger partial charge >= 0.3 is 6.09 Å². The summed E-state index contributed by atoms with van der Waals surface area (Å²) in [4.78, 5) is 25.1. The Labute approximate surface area is 179 Å². The number of fused-ring (bicyclic) bond motifs is 3. The van der Waals surface area contributed by atoms with Crippen LogP contribution in [0.15, 0.2) is 6.20 Å². The van der Waals surface area contributed by atoms with Crippen molar-refractivity contribution in [1.29, 1.82) is 5.26 Å². The molecule has 9 heteroatoms. The maximum atomic E-state index is 14.8. The summed E-state index contributed by atoms with van der Waals surface area (Å²) >= 11 is 5.88. The van der Waals surface area contributed by atoms with Gasteiger partial charge in [-0.1, -0.05) is 11.6 Å². The Morgan fingerprint density at radius 3 is 2.53 bits per heavy atom. The summed E-state index contributed by atoms with van der Waals surface area (Å²) < 4.78 is 20.4. The third kappa shape index (κ3) is 3.41. The molecule has 4 rings (SSSR count). The smallest absolute Gasteiger partial charge is 0.410 e. The number of halogens is 2. The minimum absolute atomic E-state index is 0.0171. The molecule has 2 bridgehead atoms. The number of hydrogen-bond donors (Lipinski definition) is 0. The molecular formula is C21H23ClFN5O2. The third-order valence-corrected chi connectivity index (χ3v) is 5.86. The highest BCUT2D eigenvalue weighted by atomic mass is 35.5. The molecule has 2 aromatic heterocycles. The van der Waals surface area contributed by atoms with Crippen molar-refractivity contribution in [3.05, 3.63) is 28.4 Å². The zero-order valence-corrected chi connectivity index (χ0v) is 18.1. The summed E-state index contributed by atoms with van der Waals surface area (Å²) in [5.41, 5.74) is 0.0342. The number of hydrogen-bond acceptors (Lipinski definition) is 6. The first-order valence-corrected chi connectivity index (χ1v) is 10.3. The first-order valence-electron chi connectivity index (χ1n) is 9.91. The van der Waals surface area contributed by atoms with E-state index in [1.807, 2.05) is 31.7 Å². The van der Waals surface area contributed by atoms with Crippen molar-refractivity contribution in [1.82, 2.24) is 14.9 Å². The van der Waals surface area contributed by atoms with E-state index in [0.717, 1.165) is 12.8 Å². The second-order valence-electron chi connectivity index (χ2n) is 8.84. The van der Waals surface area contributed by atoms with Crippen LogP contribution in [0.1, 0.15) is 44.9 Å². The number of nitrogens with zero attached hydrogens (tertiary/aromatic N) is 5. The highest BCUT2D eigenvalue weighted by Gasteiger charge is 2.45. The van der Waals surface area contributed by atoms with E-state index in [1.54, 1.807) is 6.92 Å². The zero-order chi connectivity index (χ0) is 21.8. The van der Waals surface area contributed by atoms with E-state index < -0.39 is 11.4 Å². The lowest BCUT2D eigenvalue weighted by Crippen LogP contribution is -2.57. The molecule has 0 aliphatic carbocycles. The Bertz CT molecular complexity index is 1060. The van der Waals surface area contributed by atoms with Crippen LogP contribution in [0.2, 0.25) is 5.15 Å². The first kappa shape index (κ1) is 20.6. The fourth-order valence-corrected chi connectivity index (χ4v) is 4.54. The lowest BCUT2D eigenvalue weighted by molar-refractivity contribution is 0.0123. The minimum Gasteiger partial charge on any atom is -0.444 e. The lowest BCUT2D eigenvalue weighted by Gasteiger charge is -2.42. The molecule has 158 valence electrons. The van der Waals surface area contributed by atoms with Gasteiger partial charge in [-0.15, -0.1) is 0 Å². The second-order valence-corrected chi connectivity index (χ2v) is 9.19. The van der Waals surface area contributed by atoms with Crippen molar-refractivity contribution in [3.63, 3.8) is 0 Å². The molecular weight excluding hydrogens is 409 g/mol. The van der Waals surface area contributed by atoms with Crippen molar-refractivity contribution >= 4 is 34.3 Å². The van der Waals surface area contributed by atoms with Gasteiger partial charge in [-0.2, -0.15) is 5.26 Å². The average Bonchev–Trinajstić information content (AvgIpc) is 2.93. The molecule has 2 unspecified atom stereocenters. The SMILES string of the molecule is Cc1nc(N2CC3CCC(C2)N3C(=O)OC(C)(C)C)c2cnc(Cl)c(F)c2c1C#N. The topological polar surface area (TPSA) is 82.3 Å². The number of pyridine rings is 2. The van der Waals surface area contributed by atoms with Crippen LogP contribution in [0.25, 0.3) is 10.8 Å². The Hall–Kier alpha value is -2.66. The number of carbonyl (C=O) groups is 1. The Kier molecular flexibility index (Phi) is 4.97. The predicted octanol–water partition coefficient (Wildman–Crippen LogP) is 4.19. The standard InChI is InChI=1S/C21H23ClFN5O2/c1-11-14(7-24)16-15(8-25-18(22)17(16)23)19(26-11)27-9-12-5-6-13(10-27)28(12)20(29)30-21(2,3)4/h8,12-13H,5-6,9-10H2,1-4H3. The van der Waals surface area contributed by atoms with E-state index in [1.165, 1.54) is 6.20 Å². The summed E-state index contributed by atoms with van der Waals surface area (Å²) in [6.07, 6.45) is 2.90. The molecule has 2 atom stereocenters. The Balaban J connectivity index is 1.72. The summed E-state index contributed by atoms with van der Waals surface area (Å²) in [6.45, 7) is 8.34. The molecule has 2 saturated heterocycles. The van der Waals surface area contributed by atoms with Crippen LogP contribution in [0.3, 0.4) is 0 Å². The van der Waals surface area contributed by atoms with E-state index in [4.69, 9.17) is 16.3 Å². The van der Waals surface area contributed by atoms with Crippen LogP contribution in [0.5, 0.6) is 0 Å². The molecule has 4 heterocycles. The van der Waals surface area contributed by atoms with Crippen molar-refractivity contribution < 1.29 is 13.9 Å². The van der Waals surface area contributed by atoms with Gasteiger partial charge in [0.05, 0.1) is 23.3 Å². The Morgan fingerprint density at radius 2 is 1.97 bits per heavy atom. The maximum absolute atomic E-state index is 14.8. The normalized spacial score (nSPS) is 21.1. The van der Waals surface area contributed by atoms with Crippen LogP contribution in [-0.2, 0) is 4.74 Å². The third-order valence-electron chi connectivity index (χ3n) is 5.60. The highest BCUT2D eigenvalue weighted by molar-refractivity contribution is 6.30. The molecule has 2 aliphatic heterocycles. The maximum Gasteiger partial charge on any atom is 0.410 e. The van der Waals surface area contributed by atoms with Crippen LogP contribution in [0, 0.1) is 24.1 Å². The number of carbonyl (C=O) groups excluding carboxylic acids is 1. The summed E-state index contributed by atoms with van der Waals surface area (Å²) in [7, 11) is 0. The monoisotopic (exact) mass is 431 g/mol. The van der Waals surface area contributed by atoms with Gasteiger partial charge < -0.3 is 9.64 Å². The van der Waals surface area contributed by atoms with Crippen molar-refractivity contribution in [3.8, 4) is 6.07 Å². The highest BCUT2D eigenvalue weighted by Crippen LogP contribution is 2.38. The molecule has 0 N–H and O–H groups in total. The van der Waals surface area contributed by atoms with Gasteiger partial charge in [0.1, 0.15) is 17.5 Å². The number of ether oxygens (including phenoxy) is 1. The Morgan fingerprint density at radius 1 is 1.33 bits per heavy atom. The van der Waals surface area contributed by atoms with Gasteiger partial charge in [0.25, 0.3) is 0 Å². The molecule has 7 nitrogen and oxygen atoms in total. The molecule has 2 aliphatic rings. The van der Waals surface area contributed by atoms with Gasteiger partial charge in [0.2, 0.25) is 0 Å². The van der Waals surface area contributed by atoms with Crippen LogP contribution < -0.4 is 4.90 Å². The largest absolute Gasteiger partial charge is 0.444 e. The number of aryl methyl sites for hydroxylation is 1. The van der Waals surface area contributed by atoms with Crippen molar-refractivity contribution in [2.24, 2.45) is 0 Å². The molecule has 2 aromatic rings. The second kappa shape index (κ2) is 7.24. The van der Waals surface area contributed by atoms with Crippen LogP contribution >= 0.6 is 11.6 Å². The number of anilines is 1. The molecule has 1 amide bonds. The van der Waals surface area contributed by atoms with Gasteiger partial charge in [0, 0.05) is 30.1 Å². The van der Waals surface area contributed by atoms with Gasteiger partial charge in [-0.05, 0) is 40.5 Å². The average molecular weight is 432 g/mol. The van der Waals surface area contributed by atoms with E-state index in [-0.39, 0.29) is 34.3 Å². The van der Waals surface area contributed by atoms with E-state index in [0.29, 0.717) is 30.0 Å². The predicted molar refractivity (Wildman–Crippen MR) is 111 cm³/mol. The van der Waals surface area contributed by atoms with Crippen molar-refractivity contribution in [2.45, 2.75) is 58.2 Å². The van der Waals surface area contributed by atoms with E-state index >= 15 is 0 Å². The van der Waals surface area contributed by atoms with Gasteiger partial charge in [0.15, 0.2) is 11.0 Å². The molecule has 0 saturated carbocycles. The lowest BCUT2D eigenvalue weighted by atomic mass is 10.0. The number of piperazine rings is 1. The molecule has 0 radical (unpaired) electrons. The summed E-state index contributed by atoms with van der Waals surface area (Å²) in [6, 6.07) is 2.00. The van der Waals surface area contributed by atoms with Crippen LogP contribution in [0.4, 0.5) is 15.0 Å². The quantitative estimate of drug-likeness (QED) is 0.629.